The van der Waals surface area contributed by atoms with Crippen LogP contribution < -0.4 is 14.2 Å². The van der Waals surface area contributed by atoms with Gasteiger partial charge in [0.25, 0.3) is 0 Å². The molecule has 3 aromatic rings. The van der Waals surface area contributed by atoms with Gasteiger partial charge in [-0.25, -0.2) is 0 Å². The number of benzene rings is 2. The molecule has 1 aromatic heterocycles. The minimum Gasteiger partial charge on any atom is -0.492 e. The second kappa shape index (κ2) is 7.12. The maximum Gasteiger partial charge on any atom is 0.416 e. The van der Waals surface area contributed by atoms with E-state index in [1.165, 1.54) is 16.8 Å². The van der Waals surface area contributed by atoms with Crippen molar-refractivity contribution in [2.75, 3.05) is 27.5 Å². The molecule has 31 heavy (non-hydrogen) atoms. The molecule has 3 heterocycles. The lowest BCUT2D eigenvalue weighted by atomic mass is 9.90. The standard InChI is InChI=1S/C20H18F3N5O3/c1-27-7-6-11-8-14-17(31-10-30-14)18(29-2)15(11)16(27)19-24-25-26-28(19)13-5-3-4-12(9-13)20(21,22)23/h3-5,8-9,16H,6-7,10H2,1-2H3. The smallest absolute Gasteiger partial charge is 0.416 e. The second-order valence-corrected chi connectivity index (χ2v) is 7.35. The van der Waals surface area contributed by atoms with Crippen LogP contribution in [0.1, 0.15) is 28.6 Å². The quantitative estimate of drug-likeness (QED) is 0.629. The lowest BCUT2D eigenvalue weighted by Crippen LogP contribution is -2.35. The molecule has 0 amide bonds. The average molecular weight is 433 g/mol. The zero-order valence-electron chi connectivity index (χ0n) is 16.7. The summed E-state index contributed by atoms with van der Waals surface area (Å²) in [6.45, 7) is 0.785. The predicted molar refractivity (Wildman–Crippen MR) is 101 cm³/mol. The van der Waals surface area contributed by atoms with Crippen LogP contribution in [0.25, 0.3) is 5.69 Å². The number of methoxy groups -OCH3 is 1. The molecular weight excluding hydrogens is 415 g/mol. The van der Waals surface area contributed by atoms with Crippen molar-refractivity contribution >= 4 is 0 Å². The summed E-state index contributed by atoms with van der Waals surface area (Å²) < 4.78 is 57.9. The number of tetrazole rings is 1. The first-order chi connectivity index (χ1) is 14.9. The third kappa shape index (κ3) is 3.16. The Balaban J connectivity index is 1.67. The van der Waals surface area contributed by atoms with E-state index in [0.717, 1.165) is 29.7 Å². The van der Waals surface area contributed by atoms with Gasteiger partial charge in [0.15, 0.2) is 17.3 Å². The van der Waals surface area contributed by atoms with Gasteiger partial charge in [0.05, 0.1) is 18.4 Å². The molecule has 0 radical (unpaired) electrons. The van der Waals surface area contributed by atoms with Crippen molar-refractivity contribution in [3.8, 4) is 22.9 Å². The predicted octanol–water partition coefficient (Wildman–Crippen LogP) is 3.00. The number of ether oxygens (including phenoxy) is 3. The fourth-order valence-corrected chi connectivity index (χ4v) is 4.12. The molecule has 0 N–H and O–H groups in total. The van der Waals surface area contributed by atoms with Crippen LogP contribution in [0.3, 0.4) is 0 Å². The molecule has 0 spiro atoms. The number of rotatable bonds is 3. The van der Waals surface area contributed by atoms with Crippen molar-refractivity contribution in [3.05, 3.63) is 52.8 Å². The topological polar surface area (TPSA) is 74.5 Å². The van der Waals surface area contributed by atoms with Crippen LogP contribution in [-0.2, 0) is 12.6 Å². The number of likely N-dealkylation sites (N-methyl/N-ethyl adjacent to an activating group) is 1. The van der Waals surface area contributed by atoms with Gasteiger partial charge in [-0.1, -0.05) is 6.07 Å². The molecule has 2 aliphatic heterocycles. The van der Waals surface area contributed by atoms with Gasteiger partial charge >= 0.3 is 6.18 Å². The van der Waals surface area contributed by atoms with Gasteiger partial charge in [0.2, 0.25) is 12.5 Å². The Morgan fingerprint density at radius 1 is 1.19 bits per heavy atom. The fraction of sp³-hybridized carbons (Fsp3) is 0.350. The molecule has 2 aliphatic rings. The highest BCUT2D eigenvalue weighted by Gasteiger charge is 2.38. The third-order valence-electron chi connectivity index (χ3n) is 5.55. The number of alkyl halides is 3. The van der Waals surface area contributed by atoms with Crippen LogP contribution in [0.2, 0.25) is 0 Å². The molecule has 2 aromatic carbocycles. The lowest BCUT2D eigenvalue weighted by molar-refractivity contribution is -0.137. The van der Waals surface area contributed by atoms with Crippen LogP contribution >= 0.6 is 0 Å². The van der Waals surface area contributed by atoms with Crippen LogP contribution in [0.4, 0.5) is 13.2 Å². The van der Waals surface area contributed by atoms with Crippen LogP contribution in [0, 0.1) is 0 Å². The average Bonchev–Trinajstić information content (AvgIpc) is 3.41. The second-order valence-electron chi connectivity index (χ2n) is 7.35. The zero-order chi connectivity index (χ0) is 21.8. The molecule has 8 nitrogen and oxygen atoms in total. The molecule has 0 bridgehead atoms. The SMILES string of the molecule is COc1c2c(cc3c1C(c1nnnn1-c1cccc(C(F)(F)F)c1)N(C)CC3)OCO2. The maximum absolute atomic E-state index is 13.2. The normalized spacial score (nSPS) is 18.2. The Hall–Kier alpha value is -3.34. The van der Waals surface area contributed by atoms with Crippen molar-refractivity contribution in [2.45, 2.75) is 18.6 Å². The van der Waals surface area contributed by atoms with Gasteiger partial charge in [-0.3, -0.25) is 4.90 Å². The van der Waals surface area contributed by atoms with Crippen molar-refractivity contribution in [3.63, 3.8) is 0 Å². The maximum atomic E-state index is 13.2. The minimum atomic E-state index is -4.47. The Morgan fingerprint density at radius 2 is 2.03 bits per heavy atom. The van der Waals surface area contributed by atoms with E-state index in [9.17, 15) is 13.2 Å². The molecular formula is C20H18F3N5O3. The summed E-state index contributed by atoms with van der Waals surface area (Å²) in [5.41, 5.74) is 1.24. The first kappa shape index (κ1) is 19.6. The molecule has 0 aliphatic carbocycles. The summed E-state index contributed by atoms with van der Waals surface area (Å²) in [5.74, 6) is 2.00. The zero-order valence-corrected chi connectivity index (χ0v) is 16.7. The van der Waals surface area contributed by atoms with Gasteiger partial charge in [-0.05, 0) is 53.7 Å². The van der Waals surface area contributed by atoms with Crippen molar-refractivity contribution < 1.29 is 27.4 Å². The highest BCUT2D eigenvalue weighted by Crippen LogP contribution is 2.50. The first-order valence-electron chi connectivity index (χ1n) is 9.54. The van der Waals surface area contributed by atoms with Crippen LogP contribution in [-0.4, -0.2) is 52.6 Å². The summed E-state index contributed by atoms with van der Waals surface area (Å²) in [4.78, 5) is 2.03. The molecule has 0 saturated carbocycles. The van der Waals surface area contributed by atoms with Crippen molar-refractivity contribution in [1.82, 2.24) is 25.1 Å². The van der Waals surface area contributed by atoms with Gasteiger partial charge in [0.1, 0.15) is 6.04 Å². The van der Waals surface area contributed by atoms with Crippen LogP contribution in [0.15, 0.2) is 30.3 Å². The molecule has 1 unspecified atom stereocenters. The summed E-state index contributed by atoms with van der Waals surface area (Å²) in [6, 6.07) is 6.37. The first-order valence-corrected chi connectivity index (χ1v) is 9.54. The van der Waals surface area contributed by atoms with E-state index in [2.05, 4.69) is 15.5 Å². The summed E-state index contributed by atoms with van der Waals surface area (Å²) in [7, 11) is 3.45. The Morgan fingerprint density at radius 3 is 2.81 bits per heavy atom. The van der Waals surface area contributed by atoms with E-state index in [-0.39, 0.29) is 12.5 Å². The van der Waals surface area contributed by atoms with Gasteiger partial charge in [-0.15, -0.1) is 5.10 Å². The van der Waals surface area contributed by atoms with Crippen LogP contribution in [0.5, 0.6) is 17.2 Å². The molecule has 162 valence electrons. The van der Waals surface area contributed by atoms with E-state index < -0.39 is 17.8 Å². The molecule has 5 rings (SSSR count). The molecule has 0 saturated heterocycles. The molecule has 1 atom stereocenters. The van der Waals surface area contributed by atoms with Gasteiger partial charge in [-0.2, -0.15) is 17.9 Å². The van der Waals surface area contributed by atoms with E-state index in [1.807, 2.05) is 18.0 Å². The van der Waals surface area contributed by atoms with E-state index in [1.54, 1.807) is 7.11 Å². The minimum absolute atomic E-state index is 0.0943. The summed E-state index contributed by atoms with van der Waals surface area (Å²) in [5, 5.41) is 11.9. The number of aromatic nitrogens is 4. The van der Waals surface area contributed by atoms with Crippen molar-refractivity contribution in [2.24, 2.45) is 0 Å². The number of nitrogens with zero attached hydrogens (tertiary/aromatic N) is 5. The monoisotopic (exact) mass is 433 g/mol. The number of fused-ring (bicyclic) bond motifs is 2. The number of hydrogen-bond acceptors (Lipinski definition) is 7. The highest BCUT2D eigenvalue weighted by atomic mass is 19.4. The van der Waals surface area contributed by atoms with E-state index >= 15 is 0 Å². The van der Waals surface area contributed by atoms with E-state index in [4.69, 9.17) is 14.2 Å². The Labute approximate surface area is 175 Å². The number of halogens is 3. The largest absolute Gasteiger partial charge is 0.492 e. The Bertz CT molecular complexity index is 1150. The molecule has 11 heteroatoms. The summed E-state index contributed by atoms with van der Waals surface area (Å²) >= 11 is 0. The van der Waals surface area contributed by atoms with E-state index in [0.29, 0.717) is 29.6 Å². The highest BCUT2D eigenvalue weighted by molar-refractivity contribution is 5.62. The number of hydrogen-bond donors (Lipinski definition) is 0. The van der Waals surface area contributed by atoms with Gasteiger partial charge in [0, 0.05) is 12.1 Å². The Kier molecular flexibility index (Phi) is 4.50. The van der Waals surface area contributed by atoms with Crippen molar-refractivity contribution in [1.29, 1.82) is 0 Å². The third-order valence-corrected chi connectivity index (χ3v) is 5.55. The van der Waals surface area contributed by atoms with Gasteiger partial charge < -0.3 is 14.2 Å². The molecule has 0 fully saturated rings. The lowest BCUT2D eigenvalue weighted by Gasteiger charge is -2.34. The fourth-order valence-electron chi connectivity index (χ4n) is 4.12. The summed E-state index contributed by atoms with van der Waals surface area (Å²) in [6.07, 6.45) is -3.74.